The summed E-state index contributed by atoms with van der Waals surface area (Å²) in [6.07, 6.45) is 2.13. The summed E-state index contributed by atoms with van der Waals surface area (Å²) in [5.41, 5.74) is 1.61. The van der Waals surface area contributed by atoms with Crippen molar-refractivity contribution in [1.82, 2.24) is 25.2 Å². The van der Waals surface area contributed by atoms with Gasteiger partial charge >= 0.3 is 0 Å². The van der Waals surface area contributed by atoms with Crippen molar-refractivity contribution in [2.45, 2.75) is 31.8 Å². The number of amides is 1. The van der Waals surface area contributed by atoms with Gasteiger partial charge in [0, 0.05) is 10.5 Å². The van der Waals surface area contributed by atoms with Crippen molar-refractivity contribution in [3.8, 4) is 5.69 Å². The van der Waals surface area contributed by atoms with Crippen LogP contribution >= 0.6 is 15.9 Å². The summed E-state index contributed by atoms with van der Waals surface area (Å²) >= 11 is 3.43. The lowest BCUT2D eigenvalue weighted by molar-refractivity contribution is 0.0913. The van der Waals surface area contributed by atoms with Gasteiger partial charge in [0.25, 0.3) is 5.91 Å². The van der Waals surface area contributed by atoms with E-state index in [9.17, 15) is 13.2 Å². The molecule has 8 nitrogen and oxygen atoms in total. The van der Waals surface area contributed by atoms with Gasteiger partial charge in [-0.3, -0.25) is 9.69 Å². The van der Waals surface area contributed by atoms with Crippen LogP contribution in [-0.4, -0.2) is 70.9 Å². The lowest BCUT2D eigenvalue weighted by Gasteiger charge is -2.28. The molecule has 2 atom stereocenters. The zero-order chi connectivity index (χ0) is 19.9. The maximum absolute atomic E-state index is 12.9. The van der Waals surface area contributed by atoms with Gasteiger partial charge in [0.2, 0.25) is 0 Å². The predicted molar refractivity (Wildman–Crippen MR) is 108 cm³/mol. The van der Waals surface area contributed by atoms with E-state index >= 15 is 0 Å². The van der Waals surface area contributed by atoms with E-state index in [2.05, 4.69) is 36.5 Å². The highest BCUT2D eigenvalue weighted by atomic mass is 79.9. The van der Waals surface area contributed by atoms with E-state index in [4.69, 9.17) is 0 Å². The van der Waals surface area contributed by atoms with Crippen LogP contribution in [0.3, 0.4) is 0 Å². The Labute approximate surface area is 172 Å². The Bertz CT molecular complexity index is 1000. The predicted octanol–water partition coefficient (Wildman–Crippen LogP) is 1.33. The van der Waals surface area contributed by atoms with Crippen LogP contribution in [0.25, 0.3) is 5.69 Å². The molecule has 0 bridgehead atoms. The lowest BCUT2D eigenvalue weighted by atomic mass is 10.1. The Hall–Kier alpha value is -1.78. The highest BCUT2D eigenvalue weighted by molar-refractivity contribution is 9.10. The molecule has 0 spiro atoms. The third-order valence-electron chi connectivity index (χ3n) is 5.41. The molecule has 2 aromatic rings. The fourth-order valence-corrected chi connectivity index (χ4v) is 6.37. The number of likely N-dealkylation sites (tertiary alicyclic amines) is 1. The minimum atomic E-state index is -3.17. The number of rotatable bonds is 4. The molecule has 10 heteroatoms. The van der Waals surface area contributed by atoms with Crippen LogP contribution in [0.4, 0.5) is 0 Å². The minimum absolute atomic E-state index is 0.0290. The Morgan fingerprint density at radius 2 is 2.00 bits per heavy atom. The topological polar surface area (TPSA) is 97.2 Å². The molecule has 2 saturated heterocycles. The molecule has 0 saturated carbocycles. The molecule has 2 aliphatic rings. The monoisotopic (exact) mass is 467 g/mol. The summed E-state index contributed by atoms with van der Waals surface area (Å²) < 4.78 is 26.9. The van der Waals surface area contributed by atoms with Gasteiger partial charge < -0.3 is 5.32 Å². The van der Waals surface area contributed by atoms with Crippen LogP contribution in [0.15, 0.2) is 28.7 Å². The summed E-state index contributed by atoms with van der Waals surface area (Å²) in [5, 5.41) is 11.1. The number of benzene rings is 1. The zero-order valence-electron chi connectivity index (χ0n) is 15.5. The first-order valence-electron chi connectivity index (χ1n) is 9.28. The second-order valence-electron chi connectivity index (χ2n) is 7.38. The molecule has 0 aliphatic carbocycles. The first kappa shape index (κ1) is 19.5. The summed E-state index contributed by atoms with van der Waals surface area (Å²) in [5.74, 6) is -0.314. The largest absolute Gasteiger partial charge is 0.345 e. The highest BCUT2D eigenvalue weighted by Gasteiger charge is 2.42. The number of sulfone groups is 1. The number of carbonyl (C=O) groups excluding carboxylic acids is 1. The first-order valence-corrected chi connectivity index (χ1v) is 11.9. The quantitative estimate of drug-likeness (QED) is 0.728. The second-order valence-corrected chi connectivity index (χ2v) is 10.5. The molecule has 150 valence electrons. The van der Waals surface area contributed by atoms with Crippen molar-refractivity contribution in [2.75, 3.05) is 24.6 Å². The molecular formula is C18H22BrN5O3S. The molecule has 2 aliphatic heterocycles. The number of hydrogen-bond donors (Lipinski definition) is 1. The molecule has 2 fully saturated rings. The Balaban J connectivity index is 1.55. The molecule has 1 amide bonds. The average molecular weight is 468 g/mol. The number of hydrogen-bond acceptors (Lipinski definition) is 6. The van der Waals surface area contributed by atoms with Crippen LogP contribution in [0, 0.1) is 6.92 Å². The molecule has 1 N–H and O–H groups in total. The van der Waals surface area contributed by atoms with Gasteiger partial charge in [0.05, 0.1) is 28.9 Å². The standard InChI is InChI=1S/C18H22BrN5O3S/c1-12-17(21-22-24(12)14-6-4-5-13(19)9-14)18(25)20-15-10-28(26,27)11-16(15)23-7-2-3-8-23/h4-6,9,15-16H,2-3,7-8,10-11H2,1H3,(H,20,25). The van der Waals surface area contributed by atoms with E-state index in [1.165, 1.54) is 0 Å². The molecular weight excluding hydrogens is 446 g/mol. The highest BCUT2D eigenvalue weighted by Crippen LogP contribution is 2.23. The van der Waals surface area contributed by atoms with Crippen LogP contribution in [0.2, 0.25) is 0 Å². The smallest absolute Gasteiger partial charge is 0.274 e. The summed E-state index contributed by atoms with van der Waals surface area (Å²) in [6.45, 7) is 3.54. The molecule has 3 heterocycles. The third kappa shape index (κ3) is 3.85. The van der Waals surface area contributed by atoms with Gasteiger partial charge in [-0.15, -0.1) is 5.10 Å². The van der Waals surface area contributed by atoms with Crippen molar-refractivity contribution in [3.05, 3.63) is 40.1 Å². The minimum Gasteiger partial charge on any atom is -0.345 e. The zero-order valence-corrected chi connectivity index (χ0v) is 17.9. The fourth-order valence-electron chi connectivity index (χ4n) is 4.03. The van der Waals surface area contributed by atoms with E-state index < -0.39 is 15.9 Å². The van der Waals surface area contributed by atoms with Crippen LogP contribution in [-0.2, 0) is 9.84 Å². The van der Waals surface area contributed by atoms with Gasteiger partial charge in [-0.2, -0.15) is 0 Å². The maximum Gasteiger partial charge on any atom is 0.274 e. The average Bonchev–Trinajstić information content (AvgIpc) is 3.34. The molecule has 4 rings (SSSR count). The summed E-state index contributed by atoms with van der Waals surface area (Å²) in [6, 6.07) is 6.95. The Morgan fingerprint density at radius 3 is 2.71 bits per heavy atom. The van der Waals surface area contributed by atoms with Crippen LogP contribution < -0.4 is 5.32 Å². The Kier molecular flexibility index (Phi) is 5.28. The maximum atomic E-state index is 12.9. The van der Waals surface area contributed by atoms with E-state index in [0.717, 1.165) is 36.1 Å². The SMILES string of the molecule is Cc1c(C(=O)NC2CS(=O)(=O)CC2N2CCCC2)nnn1-c1cccc(Br)c1. The number of carbonyl (C=O) groups is 1. The van der Waals surface area contributed by atoms with Crippen molar-refractivity contribution in [3.63, 3.8) is 0 Å². The molecule has 1 aromatic heterocycles. The van der Waals surface area contributed by atoms with Crippen molar-refractivity contribution >= 4 is 31.7 Å². The van der Waals surface area contributed by atoms with Gasteiger partial charge in [0.15, 0.2) is 15.5 Å². The first-order chi connectivity index (χ1) is 13.3. The van der Waals surface area contributed by atoms with Crippen molar-refractivity contribution in [2.24, 2.45) is 0 Å². The van der Waals surface area contributed by atoms with Crippen LogP contribution in [0.5, 0.6) is 0 Å². The molecule has 28 heavy (non-hydrogen) atoms. The molecule has 0 radical (unpaired) electrons. The van der Waals surface area contributed by atoms with Crippen molar-refractivity contribution in [1.29, 1.82) is 0 Å². The van der Waals surface area contributed by atoms with E-state index in [1.54, 1.807) is 11.6 Å². The van der Waals surface area contributed by atoms with Gasteiger partial charge in [0.1, 0.15) is 0 Å². The van der Waals surface area contributed by atoms with Gasteiger partial charge in [-0.25, -0.2) is 13.1 Å². The second kappa shape index (κ2) is 7.57. The van der Waals surface area contributed by atoms with E-state index in [1.807, 2.05) is 24.3 Å². The van der Waals surface area contributed by atoms with Gasteiger partial charge in [-0.05, 0) is 51.1 Å². The summed E-state index contributed by atoms with van der Waals surface area (Å²) in [4.78, 5) is 15.0. The normalized spacial score (nSPS) is 24.5. The lowest BCUT2D eigenvalue weighted by Crippen LogP contribution is -2.50. The number of aromatic nitrogens is 3. The van der Waals surface area contributed by atoms with E-state index in [-0.39, 0.29) is 29.1 Å². The molecule has 2 unspecified atom stereocenters. The molecule has 1 aromatic carbocycles. The number of nitrogens with one attached hydrogen (secondary N) is 1. The number of halogens is 1. The number of nitrogens with zero attached hydrogens (tertiary/aromatic N) is 4. The van der Waals surface area contributed by atoms with Crippen molar-refractivity contribution < 1.29 is 13.2 Å². The third-order valence-corrected chi connectivity index (χ3v) is 7.62. The fraction of sp³-hybridized carbons (Fsp3) is 0.500. The Morgan fingerprint density at radius 1 is 1.25 bits per heavy atom. The van der Waals surface area contributed by atoms with Crippen LogP contribution in [0.1, 0.15) is 29.0 Å². The van der Waals surface area contributed by atoms with E-state index in [0.29, 0.717) is 5.69 Å². The van der Waals surface area contributed by atoms with Gasteiger partial charge in [-0.1, -0.05) is 27.2 Å². The summed E-state index contributed by atoms with van der Waals surface area (Å²) in [7, 11) is -3.17.